The summed E-state index contributed by atoms with van der Waals surface area (Å²) in [6.45, 7) is 1.69. The van der Waals surface area contributed by atoms with Crippen LogP contribution in [0.4, 0.5) is 11.5 Å². The van der Waals surface area contributed by atoms with Gasteiger partial charge < -0.3 is 14.8 Å². The molecule has 0 atom stereocenters. The largest absolute Gasteiger partial charge is 0.480 e. The molecule has 0 saturated carbocycles. The van der Waals surface area contributed by atoms with E-state index in [9.17, 15) is 14.4 Å². The minimum Gasteiger partial charge on any atom is -0.480 e. The van der Waals surface area contributed by atoms with Crippen molar-refractivity contribution in [1.29, 1.82) is 0 Å². The molecule has 0 saturated heterocycles. The van der Waals surface area contributed by atoms with Crippen molar-refractivity contribution in [3.63, 3.8) is 0 Å². The van der Waals surface area contributed by atoms with Gasteiger partial charge >= 0.3 is 5.97 Å². The zero-order chi connectivity index (χ0) is 18.5. The van der Waals surface area contributed by atoms with Crippen LogP contribution in [0.3, 0.4) is 0 Å². The lowest BCUT2D eigenvalue weighted by molar-refractivity contribution is -0.123. The summed E-state index contributed by atoms with van der Waals surface area (Å²) in [6, 6.07) is 9.69. The summed E-state index contributed by atoms with van der Waals surface area (Å²) in [7, 11) is 0. The molecular weight excluding hydrogens is 338 g/mol. The van der Waals surface area contributed by atoms with Crippen LogP contribution in [0, 0.1) is 0 Å². The SMILES string of the molecule is CCOC(=O)c1ccc(NC(=O)CN2C(=O)COc3cccnc32)cc1. The molecule has 0 radical (unpaired) electrons. The van der Waals surface area contributed by atoms with E-state index in [1.165, 1.54) is 11.1 Å². The standard InChI is InChI=1S/C18H17N3O5/c1-2-25-18(24)12-5-7-13(8-6-12)20-15(22)10-21-16(23)11-26-14-4-3-9-19-17(14)21/h3-9H,2,10-11H2,1H3,(H,20,22). The summed E-state index contributed by atoms with van der Waals surface area (Å²) in [6.07, 6.45) is 1.53. The number of anilines is 2. The Bertz CT molecular complexity index is 835. The first-order valence-corrected chi connectivity index (χ1v) is 8.03. The van der Waals surface area contributed by atoms with Crippen LogP contribution in [0.15, 0.2) is 42.6 Å². The van der Waals surface area contributed by atoms with E-state index < -0.39 is 5.97 Å². The average molecular weight is 355 g/mol. The molecule has 0 spiro atoms. The van der Waals surface area contributed by atoms with Gasteiger partial charge in [0.25, 0.3) is 5.91 Å². The van der Waals surface area contributed by atoms with Gasteiger partial charge in [0.15, 0.2) is 18.2 Å². The Morgan fingerprint density at radius 2 is 2.04 bits per heavy atom. The van der Waals surface area contributed by atoms with Crippen LogP contribution in [0.1, 0.15) is 17.3 Å². The van der Waals surface area contributed by atoms with Gasteiger partial charge in [-0.05, 0) is 43.3 Å². The third-order valence-electron chi connectivity index (χ3n) is 3.64. The number of hydrogen-bond acceptors (Lipinski definition) is 6. The number of aromatic nitrogens is 1. The Hall–Kier alpha value is -3.42. The molecule has 8 nitrogen and oxygen atoms in total. The van der Waals surface area contributed by atoms with Crippen LogP contribution in [0.2, 0.25) is 0 Å². The van der Waals surface area contributed by atoms with Crippen LogP contribution >= 0.6 is 0 Å². The first-order valence-electron chi connectivity index (χ1n) is 8.03. The fourth-order valence-corrected chi connectivity index (χ4v) is 2.44. The van der Waals surface area contributed by atoms with E-state index in [1.807, 2.05) is 0 Å². The minimum atomic E-state index is -0.424. The summed E-state index contributed by atoms with van der Waals surface area (Å²) in [5.74, 6) is -0.382. The normalized spacial score (nSPS) is 12.8. The lowest BCUT2D eigenvalue weighted by Crippen LogP contribution is -2.43. The molecule has 8 heteroatoms. The van der Waals surface area contributed by atoms with Crippen LogP contribution in [-0.4, -0.2) is 42.5 Å². The molecule has 26 heavy (non-hydrogen) atoms. The van der Waals surface area contributed by atoms with E-state index in [0.29, 0.717) is 29.4 Å². The Morgan fingerprint density at radius 1 is 1.27 bits per heavy atom. The molecule has 1 aliphatic rings. The number of esters is 1. The van der Waals surface area contributed by atoms with Crippen LogP contribution in [-0.2, 0) is 14.3 Å². The van der Waals surface area contributed by atoms with Gasteiger partial charge in [0, 0.05) is 11.9 Å². The highest BCUT2D eigenvalue weighted by Gasteiger charge is 2.28. The summed E-state index contributed by atoms with van der Waals surface area (Å²) >= 11 is 0. The van der Waals surface area contributed by atoms with Crippen LogP contribution in [0.25, 0.3) is 0 Å². The molecule has 0 unspecified atom stereocenters. The van der Waals surface area contributed by atoms with Gasteiger partial charge in [0.2, 0.25) is 5.91 Å². The van der Waals surface area contributed by atoms with Crippen molar-refractivity contribution >= 4 is 29.3 Å². The van der Waals surface area contributed by atoms with E-state index in [1.54, 1.807) is 43.3 Å². The summed E-state index contributed by atoms with van der Waals surface area (Å²) in [5.41, 5.74) is 0.899. The zero-order valence-corrected chi connectivity index (χ0v) is 14.1. The van der Waals surface area contributed by atoms with Gasteiger partial charge in [-0.2, -0.15) is 0 Å². The monoisotopic (exact) mass is 355 g/mol. The van der Waals surface area contributed by atoms with Gasteiger partial charge in [0.05, 0.1) is 12.2 Å². The molecule has 1 N–H and O–H groups in total. The van der Waals surface area contributed by atoms with Gasteiger partial charge in [-0.1, -0.05) is 0 Å². The van der Waals surface area contributed by atoms with E-state index in [0.717, 1.165) is 0 Å². The minimum absolute atomic E-state index is 0.139. The van der Waals surface area contributed by atoms with Crippen molar-refractivity contribution in [3.05, 3.63) is 48.2 Å². The number of nitrogens with one attached hydrogen (secondary N) is 1. The first-order chi connectivity index (χ1) is 12.6. The van der Waals surface area contributed by atoms with E-state index in [-0.39, 0.29) is 25.0 Å². The number of ether oxygens (including phenoxy) is 2. The predicted molar refractivity (Wildman–Crippen MR) is 93.1 cm³/mol. The van der Waals surface area contributed by atoms with Gasteiger partial charge in [0.1, 0.15) is 6.54 Å². The zero-order valence-electron chi connectivity index (χ0n) is 14.1. The van der Waals surface area contributed by atoms with Crippen LogP contribution in [0.5, 0.6) is 5.75 Å². The summed E-state index contributed by atoms with van der Waals surface area (Å²) < 4.78 is 10.2. The Kier molecular flexibility index (Phi) is 5.12. The molecule has 1 aromatic heterocycles. The maximum atomic E-state index is 12.3. The van der Waals surface area contributed by atoms with Crippen LogP contribution < -0.4 is 15.0 Å². The molecule has 1 aromatic carbocycles. The number of amides is 2. The lowest BCUT2D eigenvalue weighted by Gasteiger charge is -2.27. The molecular formula is C18H17N3O5. The number of fused-ring (bicyclic) bond motifs is 1. The molecule has 3 rings (SSSR count). The van der Waals surface area contributed by atoms with Crippen molar-refractivity contribution in [2.45, 2.75) is 6.92 Å². The molecule has 2 aromatic rings. The smallest absolute Gasteiger partial charge is 0.338 e. The first kappa shape index (κ1) is 17.4. The molecule has 0 fully saturated rings. The molecule has 0 bridgehead atoms. The number of pyridine rings is 1. The van der Waals surface area contributed by atoms with Crippen molar-refractivity contribution in [2.24, 2.45) is 0 Å². The number of rotatable bonds is 5. The predicted octanol–water partition coefficient (Wildman–Crippen LogP) is 1.62. The third kappa shape index (κ3) is 3.80. The number of carbonyl (C=O) groups is 3. The Balaban J connectivity index is 1.66. The second-order valence-electron chi connectivity index (χ2n) is 5.44. The van der Waals surface area contributed by atoms with Gasteiger partial charge in [-0.15, -0.1) is 0 Å². The highest BCUT2D eigenvalue weighted by atomic mass is 16.5. The second-order valence-corrected chi connectivity index (χ2v) is 5.44. The average Bonchev–Trinajstić information content (AvgIpc) is 2.65. The Morgan fingerprint density at radius 3 is 2.77 bits per heavy atom. The van der Waals surface area contributed by atoms with E-state index >= 15 is 0 Å². The number of benzene rings is 1. The quantitative estimate of drug-likeness (QED) is 0.819. The molecule has 1 aliphatic heterocycles. The second kappa shape index (κ2) is 7.64. The van der Waals surface area contributed by atoms with Gasteiger partial charge in [-0.25, -0.2) is 9.78 Å². The fourth-order valence-electron chi connectivity index (χ4n) is 2.44. The summed E-state index contributed by atoms with van der Waals surface area (Å²) in [5, 5.41) is 2.69. The fraction of sp³-hybridized carbons (Fsp3) is 0.222. The van der Waals surface area contributed by atoms with Crippen molar-refractivity contribution < 1.29 is 23.9 Å². The highest BCUT2D eigenvalue weighted by Crippen LogP contribution is 2.28. The molecule has 134 valence electrons. The highest BCUT2D eigenvalue weighted by molar-refractivity contribution is 6.04. The topological polar surface area (TPSA) is 97.8 Å². The summed E-state index contributed by atoms with van der Waals surface area (Å²) in [4.78, 5) is 41.4. The van der Waals surface area contributed by atoms with Gasteiger partial charge in [-0.3, -0.25) is 14.5 Å². The maximum Gasteiger partial charge on any atom is 0.338 e. The molecule has 0 aliphatic carbocycles. The third-order valence-corrected chi connectivity index (χ3v) is 3.64. The van der Waals surface area contributed by atoms with Crippen molar-refractivity contribution in [2.75, 3.05) is 30.0 Å². The van der Waals surface area contributed by atoms with E-state index in [4.69, 9.17) is 9.47 Å². The number of nitrogens with zero attached hydrogens (tertiary/aromatic N) is 2. The number of carbonyl (C=O) groups excluding carboxylic acids is 3. The molecule has 2 heterocycles. The lowest BCUT2D eigenvalue weighted by atomic mass is 10.2. The molecule has 2 amide bonds. The van der Waals surface area contributed by atoms with Crippen molar-refractivity contribution in [3.8, 4) is 5.75 Å². The van der Waals surface area contributed by atoms with E-state index in [2.05, 4.69) is 10.3 Å². The Labute approximate surface area is 149 Å². The maximum absolute atomic E-state index is 12.3. The van der Waals surface area contributed by atoms with Crippen molar-refractivity contribution in [1.82, 2.24) is 4.98 Å². The number of hydrogen-bond donors (Lipinski definition) is 1.